The van der Waals surface area contributed by atoms with Crippen LogP contribution < -0.4 is 5.32 Å². The van der Waals surface area contributed by atoms with Crippen LogP contribution in [0.25, 0.3) is 6.08 Å². The summed E-state index contributed by atoms with van der Waals surface area (Å²) in [7, 11) is 0. The molecule has 2 amide bonds. The molecule has 1 aromatic carbocycles. The molecular formula is C17H22N2O2. The lowest BCUT2D eigenvalue weighted by Crippen LogP contribution is -2.40. The Morgan fingerprint density at radius 2 is 1.71 bits per heavy atom. The van der Waals surface area contributed by atoms with E-state index in [1.54, 1.807) is 6.08 Å². The van der Waals surface area contributed by atoms with Crippen LogP contribution in [-0.2, 0) is 9.59 Å². The summed E-state index contributed by atoms with van der Waals surface area (Å²) in [4.78, 5) is 25.6. The Hall–Kier alpha value is -2.10. The number of hydrogen-bond acceptors (Lipinski definition) is 2. The summed E-state index contributed by atoms with van der Waals surface area (Å²) in [5, 5.41) is 2.65. The van der Waals surface area contributed by atoms with Gasteiger partial charge in [-0.15, -0.1) is 0 Å². The van der Waals surface area contributed by atoms with Crippen LogP contribution >= 0.6 is 0 Å². The maximum absolute atomic E-state index is 12.0. The molecule has 1 aliphatic heterocycles. The fourth-order valence-electron chi connectivity index (χ4n) is 2.39. The van der Waals surface area contributed by atoms with E-state index in [1.807, 2.05) is 35.2 Å². The lowest BCUT2D eigenvalue weighted by molar-refractivity contribution is -0.132. The highest BCUT2D eigenvalue weighted by atomic mass is 16.2. The number of hydrogen-bond donors (Lipinski definition) is 1. The van der Waals surface area contributed by atoms with Crippen molar-refractivity contribution >= 4 is 17.9 Å². The van der Waals surface area contributed by atoms with Crippen molar-refractivity contribution in [1.82, 2.24) is 10.2 Å². The van der Waals surface area contributed by atoms with Gasteiger partial charge in [0.15, 0.2) is 0 Å². The van der Waals surface area contributed by atoms with Gasteiger partial charge in [0.25, 0.3) is 0 Å². The first-order valence-electron chi connectivity index (χ1n) is 7.54. The van der Waals surface area contributed by atoms with Crippen LogP contribution in [0.3, 0.4) is 0 Å². The van der Waals surface area contributed by atoms with E-state index in [0.717, 1.165) is 31.5 Å². The molecule has 0 spiro atoms. The maximum atomic E-state index is 12.0. The summed E-state index contributed by atoms with van der Waals surface area (Å²) in [6, 6.07) is 9.61. The predicted molar refractivity (Wildman–Crippen MR) is 83.5 cm³/mol. The Bertz CT molecular complexity index is 489. The van der Waals surface area contributed by atoms with Crippen molar-refractivity contribution in [2.75, 3.05) is 19.6 Å². The molecule has 1 N–H and O–H groups in total. The molecule has 0 aromatic heterocycles. The smallest absolute Gasteiger partial charge is 0.244 e. The van der Waals surface area contributed by atoms with Crippen LogP contribution in [0.4, 0.5) is 0 Å². The monoisotopic (exact) mass is 286 g/mol. The molecule has 1 saturated heterocycles. The van der Waals surface area contributed by atoms with Gasteiger partial charge in [-0.1, -0.05) is 43.2 Å². The zero-order valence-electron chi connectivity index (χ0n) is 12.3. The summed E-state index contributed by atoms with van der Waals surface area (Å²) in [6.45, 7) is 1.71. The summed E-state index contributed by atoms with van der Waals surface area (Å²) >= 11 is 0. The third kappa shape index (κ3) is 5.42. The van der Waals surface area contributed by atoms with Crippen LogP contribution in [0.1, 0.15) is 31.2 Å². The number of carbonyl (C=O) groups is 2. The van der Waals surface area contributed by atoms with Crippen molar-refractivity contribution in [1.29, 1.82) is 0 Å². The van der Waals surface area contributed by atoms with Gasteiger partial charge in [-0.05, 0) is 24.5 Å². The third-order valence-corrected chi connectivity index (χ3v) is 3.60. The van der Waals surface area contributed by atoms with Crippen molar-refractivity contribution in [3.63, 3.8) is 0 Å². The van der Waals surface area contributed by atoms with E-state index in [-0.39, 0.29) is 18.4 Å². The van der Waals surface area contributed by atoms with Gasteiger partial charge in [0.05, 0.1) is 6.54 Å². The molecule has 1 aromatic rings. The van der Waals surface area contributed by atoms with E-state index < -0.39 is 0 Å². The zero-order chi connectivity index (χ0) is 14.9. The predicted octanol–water partition coefficient (Wildman–Crippen LogP) is 2.22. The fraction of sp³-hybridized carbons (Fsp3) is 0.412. The maximum Gasteiger partial charge on any atom is 0.244 e. The molecule has 0 radical (unpaired) electrons. The SMILES string of the molecule is O=C(C=Cc1ccccc1)NCC(=O)N1CCCCCC1. The Kier molecular flexibility index (Phi) is 6.00. The first-order chi connectivity index (χ1) is 10.3. The minimum Gasteiger partial charge on any atom is -0.343 e. The first-order valence-corrected chi connectivity index (χ1v) is 7.54. The molecule has 4 heteroatoms. The molecule has 0 aliphatic carbocycles. The average Bonchev–Trinajstić information content (AvgIpc) is 2.81. The molecule has 112 valence electrons. The van der Waals surface area contributed by atoms with Crippen LogP contribution in [0, 0.1) is 0 Å². The summed E-state index contributed by atoms with van der Waals surface area (Å²) in [5.74, 6) is -0.222. The molecule has 4 nitrogen and oxygen atoms in total. The molecule has 0 bridgehead atoms. The van der Waals surface area contributed by atoms with Crippen molar-refractivity contribution < 1.29 is 9.59 Å². The van der Waals surface area contributed by atoms with Gasteiger partial charge in [0.1, 0.15) is 0 Å². The van der Waals surface area contributed by atoms with Crippen molar-refractivity contribution in [2.45, 2.75) is 25.7 Å². The van der Waals surface area contributed by atoms with E-state index in [2.05, 4.69) is 5.32 Å². The van der Waals surface area contributed by atoms with Crippen molar-refractivity contribution in [2.24, 2.45) is 0 Å². The molecule has 2 rings (SSSR count). The number of amides is 2. The van der Waals surface area contributed by atoms with Crippen LogP contribution in [-0.4, -0.2) is 36.3 Å². The van der Waals surface area contributed by atoms with E-state index in [0.29, 0.717) is 0 Å². The zero-order valence-corrected chi connectivity index (χ0v) is 12.3. The Morgan fingerprint density at radius 3 is 2.38 bits per heavy atom. The van der Waals surface area contributed by atoms with Crippen molar-refractivity contribution in [3.8, 4) is 0 Å². The Morgan fingerprint density at radius 1 is 1.05 bits per heavy atom. The third-order valence-electron chi connectivity index (χ3n) is 3.60. The van der Waals surface area contributed by atoms with Gasteiger partial charge in [0, 0.05) is 19.2 Å². The van der Waals surface area contributed by atoms with E-state index in [9.17, 15) is 9.59 Å². The molecule has 0 atom stereocenters. The highest BCUT2D eigenvalue weighted by Gasteiger charge is 2.15. The lowest BCUT2D eigenvalue weighted by Gasteiger charge is -2.20. The van der Waals surface area contributed by atoms with Gasteiger partial charge < -0.3 is 10.2 Å². The largest absolute Gasteiger partial charge is 0.343 e. The van der Waals surface area contributed by atoms with Crippen LogP contribution in [0.2, 0.25) is 0 Å². The van der Waals surface area contributed by atoms with Crippen LogP contribution in [0.15, 0.2) is 36.4 Å². The second-order valence-corrected chi connectivity index (χ2v) is 5.26. The topological polar surface area (TPSA) is 49.4 Å². The second kappa shape index (κ2) is 8.25. The van der Waals surface area contributed by atoms with Crippen molar-refractivity contribution in [3.05, 3.63) is 42.0 Å². The second-order valence-electron chi connectivity index (χ2n) is 5.26. The fourth-order valence-corrected chi connectivity index (χ4v) is 2.39. The minimum absolute atomic E-state index is 0.0124. The molecular weight excluding hydrogens is 264 g/mol. The minimum atomic E-state index is -0.234. The standard InChI is InChI=1S/C17H22N2O2/c20-16(11-10-15-8-4-3-5-9-15)18-14-17(21)19-12-6-1-2-7-13-19/h3-5,8-11H,1-2,6-7,12-14H2,(H,18,20). The Balaban J connectivity index is 1.75. The molecule has 1 aliphatic rings. The first kappa shape index (κ1) is 15.3. The summed E-state index contributed by atoms with van der Waals surface area (Å²) in [6.07, 6.45) is 7.71. The quantitative estimate of drug-likeness (QED) is 0.863. The molecule has 21 heavy (non-hydrogen) atoms. The number of likely N-dealkylation sites (tertiary alicyclic amines) is 1. The molecule has 0 saturated carbocycles. The van der Waals surface area contributed by atoms with Gasteiger partial charge in [-0.3, -0.25) is 9.59 Å². The normalized spacial score (nSPS) is 15.7. The number of nitrogens with zero attached hydrogens (tertiary/aromatic N) is 1. The molecule has 0 unspecified atom stereocenters. The summed E-state index contributed by atoms with van der Waals surface area (Å²) in [5.41, 5.74) is 0.964. The van der Waals surface area contributed by atoms with Gasteiger partial charge >= 0.3 is 0 Å². The number of nitrogens with one attached hydrogen (secondary N) is 1. The number of carbonyl (C=O) groups excluding carboxylic acids is 2. The van der Waals surface area contributed by atoms with E-state index in [4.69, 9.17) is 0 Å². The molecule has 1 fully saturated rings. The van der Waals surface area contributed by atoms with Gasteiger partial charge in [0.2, 0.25) is 11.8 Å². The van der Waals surface area contributed by atoms with E-state index >= 15 is 0 Å². The van der Waals surface area contributed by atoms with Gasteiger partial charge in [-0.2, -0.15) is 0 Å². The summed E-state index contributed by atoms with van der Waals surface area (Å²) < 4.78 is 0. The molecule has 1 heterocycles. The lowest BCUT2D eigenvalue weighted by atomic mass is 10.2. The Labute approximate surface area is 125 Å². The number of rotatable bonds is 4. The van der Waals surface area contributed by atoms with Crippen LogP contribution in [0.5, 0.6) is 0 Å². The highest BCUT2D eigenvalue weighted by molar-refractivity contribution is 5.94. The highest BCUT2D eigenvalue weighted by Crippen LogP contribution is 2.09. The average molecular weight is 286 g/mol. The van der Waals surface area contributed by atoms with Gasteiger partial charge in [-0.25, -0.2) is 0 Å². The number of benzene rings is 1. The van der Waals surface area contributed by atoms with E-state index in [1.165, 1.54) is 18.9 Å².